The van der Waals surface area contributed by atoms with Crippen molar-refractivity contribution >= 4 is 5.91 Å². The van der Waals surface area contributed by atoms with Gasteiger partial charge in [0.25, 0.3) is 0 Å². The van der Waals surface area contributed by atoms with Crippen molar-refractivity contribution in [2.75, 3.05) is 20.1 Å². The molecule has 2 saturated heterocycles. The van der Waals surface area contributed by atoms with E-state index in [1.54, 1.807) is 6.20 Å². The van der Waals surface area contributed by atoms with Crippen molar-refractivity contribution < 1.29 is 4.79 Å². The fourth-order valence-corrected chi connectivity index (χ4v) is 3.94. The largest absolute Gasteiger partial charge is 0.338 e. The molecule has 2 fully saturated rings. The van der Waals surface area contributed by atoms with E-state index in [2.05, 4.69) is 21.9 Å². The SMILES string of the molecule is C[C@H](Cn1cccn1)C(=O)N1CCC[C@@H]1[C@@H]1CCCN1C. The Morgan fingerprint density at radius 2 is 2.05 bits per heavy atom. The van der Waals surface area contributed by atoms with Gasteiger partial charge in [-0.2, -0.15) is 5.10 Å². The highest BCUT2D eigenvalue weighted by molar-refractivity contribution is 5.79. The zero-order valence-electron chi connectivity index (χ0n) is 13.1. The molecule has 21 heavy (non-hydrogen) atoms. The second-order valence-electron chi connectivity index (χ2n) is 6.56. The molecule has 0 N–H and O–H groups in total. The first kappa shape index (κ1) is 14.6. The Labute approximate surface area is 126 Å². The van der Waals surface area contributed by atoms with Crippen molar-refractivity contribution in [2.24, 2.45) is 5.92 Å². The summed E-state index contributed by atoms with van der Waals surface area (Å²) in [6, 6.07) is 2.89. The minimum Gasteiger partial charge on any atom is -0.338 e. The molecule has 0 unspecified atom stereocenters. The number of carbonyl (C=O) groups excluding carboxylic acids is 1. The number of carbonyl (C=O) groups is 1. The highest BCUT2D eigenvalue weighted by atomic mass is 16.2. The molecule has 1 aromatic rings. The molecular formula is C16H26N4O. The Morgan fingerprint density at radius 3 is 2.71 bits per heavy atom. The van der Waals surface area contributed by atoms with Crippen LogP contribution in [0.5, 0.6) is 0 Å². The molecular weight excluding hydrogens is 264 g/mol. The Balaban J connectivity index is 1.65. The number of likely N-dealkylation sites (tertiary alicyclic amines) is 2. The lowest BCUT2D eigenvalue weighted by Gasteiger charge is -2.34. The van der Waals surface area contributed by atoms with Crippen LogP contribution < -0.4 is 0 Å². The molecule has 2 aliphatic rings. The molecule has 3 rings (SSSR count). The van der Waals surface area contributed by atoms with Gasteiger partial charge in [0.2, 0.25) is 5.91 Å². The Bertz CT molecular complexity index is 473. The van der Waals surface area contributed by atoms with Crippen molar-refractivity contribution in [3.8, 4) is 0 Å². The van der Waals surface area contributed by atoms with Gasteiger partial charge in [-0.15, -0.1) is 0 Å². The molecule has 5 nitrogen and oxygen atoms in total. The smallest absolute Gasteiger partial charge is 0.227 e. The van der Waals surface area contributed by atoms with Crippen LogP contribution in [0.4, 0.5) is 0 Å². The van der Waals surface area contributed by atoms with Crippen molar-refractivity contribution in [1.82, 2.24) is 19.6 Å². The van der Waals surface area contributed by atoms with Crippen LogP contribution in [0.1, 0.15) is 32.6 Å². The van der Waals surface area contributed by atoms with Crippen LogP contribution in [0.2, 0.25) is 0 Å². The second-order valence-corrected chi connectivity index (χ2v) is 6.56. The molecule has 0 aromatic carbocycles. The van der Waals surface area contributed by atoms with Crippen LogP contribution >= 0.6 is 0 Å². The van der Waals surface area contributed by atoms with E-state index in [9.17, 15) is 4.79 Å². The zero-order chi connectivity index (χ0) is 14.8. The maximum Gasteiger partial charge on any atom is 0.227 e. The quantitative estimate of drug-likeness (QED) is 0.846. The first-order chi connectivity index (χ1) is 10.2. The number of hydrogen-bond acceptors (Lipinski definition) is 3. The minimum absolute atomic E-state index is 0.00258. The summed E-state index contributed by atoms with van der Waals surface area (Å²) in [5.74, 6) is 0.297. The summed E-state index contributed by atoms with van der Waals surface area (Å²) in [4.78, 5) is 17.4. The lowest BCUT2D eigenvalue weighted by atomic mass is 10.0. The summed E-state index contributed by atoms with van der Waals surface area (Å²) in [5, 5.41) is 4.21. The normalized spacial score (nSPS) is 28.2. The summed E-state index contributed by atoms with van der Waals surface area (Å²) in [5.41, 5.74) is 0. The van der Waals surface area contributed by atoms with Crippen molar-refractivity contribution in [1.29, 1.82) is 0 Å². The van der Waals surface area contributed by atoms with Crippen molar-refractivity contribution in [3.63, 3.8) is 0 Å². The predicted molar refractivity (Wildman–Crippen MR) is 81.8 cm³/mol. The van der Waals surface area contributed by atoms with Gasteiger partial charge in [-0.25, -0.2) is 0 Å². The Kier molecular flexibility index (Phi) is 4.29. The average Bonchev–Trinajstić information content (AvgIpc) is 3.18. The van der Waals surface area contributed by atoms with Gasteiger partial charge in [0.05, 0.1) is 12.5 Å². The molecule has 3 atom stereocenters. The number of nitrogens with zero attached hydrogens (tertiary/aromatic N) is 4. The van der Waals surface area contributed by atoms with Gasteiger partial charge in [0.1, 0.15) is 0 Å². The number of rotatable bonds is 4. The second kappa shape index (κ2) is 6.18. The summed E-state index contributed by atoms with van der Waals surface area (Å²) >= 11 is 0. The number of amides is 1. The first-order valence-corrected chi connectivity index (χ1v) is 8.15. The van der Waals surface area contributed by atoms with E-state index in [1.165, 1.54) is 19.4 Å². The van der Waals surface area contributed by atoms with Crippen molar-refractivity contribution in [2.45, 2.75) is 51.2 Å². The Hall–Kier alpha value is -1.36. The molecule has 1 aromatic heterocycles. The van der Waals surface area contributed by atoms with E-state index in [1.807, 2.05) is 23.9 Å². The molecule has 116 valence electrons. The van der Waals surface area contributed by atoms with Crippen LogP contribution in [-0.2, 0) is 11.3 Å². The van der Waals surface area contributed by atoms with Crippen LogP contribution in [0.3, 0.4) is 0 Å². The minimum atomic E-state index is -0.00258. The molecule has 0 spiro atoms. The van der Waals surface area contributed by atoms with Gasteiger partial charge in [0.15, 0.2) is 0 Å². The summed E-state index contributed by atoms with van der Waals surface area (Å²) < 4.78 is 1.86. The molecule has 1 amide bonds. The predicted octanol–water partition coefficient (Wildman–Crippen LogP) is 1.60. The molecule has 0 bridgehead atoms. The van der Waals surface area contributed by atoms with Gasteiger partial charge in [-0.05, 0) is 45.3 Å². The van der Waals surface area contributed by atoms with E-state index in [4.69, 9.17) is 0 Å². The van der Waals surface area contributed by atoms with Gasteiger partial charge in [0, 0.05) is 31.0 Å². The summed E-state index contributed by atoms with van der Waals surface area (Å²) in [6.45, 7) is 4.80. The molecule has 3 heterocycles. The lowest BCUT2D eigenvalue weighted by Crippen LogP contribution is -2.49. The summed E-state index contributed by atoms with van der Waals surface area (Å²) in [6.07, 6.45) is 8.50. The van der Waals surface area contributed by atoms with Crippen LogP contribution in [0.15, 0.2) is 18.5 Å². The zero-order valence-corrected chi connectivity index (χ0v) is 13.1. The van der Waals surface area contributed by atoms with Gasteiger partial charge in [-0.1, -0.05) is 6.92 Å². The maximum atomic E-state index is 12.8. The molecule has 0 saturated carbocycles. The highest BCUT2D eigenvalue weighted by Gasteiger charge is 2.39. The van der Waals surface area contributed by atoms with E-state index >= 15 is 0 Å². The van der Waals surface area contributed by atoms with Crippen LogP contribution in [0, 0.1) is 5.92 Å². The fourth-order valence-electron chi connectivity index (χ4n) is 3.94. The van der Waals surface area contributed by atoms with Crippen LogP contribution in [0.25, 0.3) is 0 Å². The first-order valence-electron chi connectivity index (χ1n) is 8.15. The topological polar surface area (TPSA) is 41.4 Å². The van der Waals surface area contributed by atoms with Gasteiger partial charge < -0.3 is 9.80 Å². The monoisotopic (exact) mass is 290 g/mol. The summed E-state index contributed by atoms with van der Waals surface area (Å²) in [7, 11) is 2.20. The Morgan fingerprint density at radius 1 is 1.29 bits per heavy atom. The van der Waals surface area contributed by atoms with Gasteiger partial charge >= 0.3 is 0 Å². The standard InChI is InChI=1S/C16H26N4O/c1-13(12-19-10-5-8-17-19)16(21)20-11-4-7-15(20)14-6-3-9-18(14)2/h5,8,10,13-15H,3-4,6-7,9,11-12H2,1-2H3/t13-,14+,15-/m1/s1. The average molecular weight is 290 g/mol. The van der Waals surface area contributed by atoms with Crippen LogP contribution in [-0.4, -0.2) is 57.7 Å². The third kappa shape index (κ3) is 2.98. The van der Waals surface area contributed by atoms with E-state index < -0.39 is 0 Å². The maximum absolute atomic E-state index is 12.8. The fraction of sp³-hybridized carbons (Fsp3) is 0.750. The van der Waals surface area contributed by atoms with Gasteiger partial charge in [-0.3, -0.25) is 9.48 Å². The molecule has 0 aliphatic carbocycles. The van der Waals surface area contributed by atoms with E-state index in [-0.39, 0.29) is 5.92 Å². The number of likely N-dealkylation sites (N-methyl/N-ethyl adjacent to an activating group) is 1. The lowest BCUT2D eigenvalue weighted by molar-refractivity contribution is -0.137. The highest BCUT2D eigenvalue weighted by Crippen LogP contribution is 2.30. The van der Waals surface area contributed by atoms with Crippen molar-refractivity contribution in [3.05, 3.63) is 18.5 Å². The third-order valence-corrected chi connectivity index (χ3v) is 5.05. The number of hydrogen-bond donors (Lipinski definition) is 0. The van der Waals surface area contributed by atoms with E-state index in [0.29, 0.717) is 24.5 Å². The molecule has 5 heteroatoms. The third-order valence-electron chi connectivity index (χ3n) is 5.05. The molecule has 0 radical (unpaired) electrons. The van der Waals surface area contributed by atoms with E-state index in [0.717, 1.165) is 19.4 Å². The number of aromatic nitrogens is 2. The molecule has 2 aliphatic heterocycles.